The quantitative estimate of drug-likeness (QED) is 0.739. The first kappa shape index (κ1) is 13.3. The molecular formula is C14H21NO3. The number of phenols is 1. The Hall–Kier alpha value is -1.10. The van der Waals surface area contributed by atoms with Crippen LogP contribution >= 0.6 is 0 Å². The fourth-order valence-electron chi connectivity index (χ4n) is 2.24. The number of aliphatic hydroxyl groups is 1. The molecule has 2 rings (SSSR count). The highest BCUT2D eigenvalue weighted by molar-refractivity contribution is 5.32. The van der Waals surface area contributed by atoms with E-state index in [1.165, 1.54) is 0 Å². The average molecular weight is 251 g/mol. The molecule has 0 saturated carbocycles. The molecule has 4 nitrogen and oxygen atoms in total. The molecule has 0 radical (unpaired) electrons. The lowest BCUT2D eigenvalue weighted by Crippen LogP contribution is -2.46. The summed E-state index contributed by atoms with van der Waals surface area (Å²) in [4.78, 5) is 0. The standard InChI is InChI=1S/C14H21NO3/c1-14(10-16,11-4-2-5-12(17)8-11)15-9-13-6-3-7-18-13/h2,4-5,8,13,15-17H,3,6-7,9-10H2,1H3. The molecule has 1 aliphatic rings. The van der Waals surface area contributed by atoms with Crippen molar-refractivity contribution in [2.75, 3.05) is 19.8 Å². The lowest BCUT2D eigenvalue weighted by molar-refractivity contribution is 0.0910. The average Bonchev–Trinajstić information content (AvgIpc) is 2.89. The van der Waals surface area contributed by atoms with Crippen LogP contribution in [-0.4, -0.2) is 36.1 Å². The minimum atomic E-state index is -0.551. The van der Waals surface area contributed by atoms with Gasteiger partial charge < -0.3 is 20.3 Å². The molecule has 1 aliphatic heterocycles. The van der Waals surface area contributed by atoms with E-state index in [-0.39, 0.29) is 18.5 Å². The van der Waals surface area contributed by atoms with E-state index in [4.69, 9.17) is 4.74 Å². The first-order valence-electron chi connectivity index (χ1n) is 6.41. The summed E-state index contributed by atoms with van der Waals surface area (Å²) in [6.45, 7) is 3.45. The van der Waals surface area contributed by atoms with Crippen LogP contribution in [0.15, 0.2) is 24.3 Å². The Bertz CT molecular complexity index is 390. The summed E-state index contributed by atoms with van der Waals surface area (Å²) in [6, 6.07) is 6.99. The van der Waals surface area contributed by atoms with Crippen molar-refractivity contribution in [3.63, 3.8) is 0 Å². The van der Waals surface area contributed by atoms with Gasteiger partial charge in [0.25, 0.3) is 0 Å². The largest absolute Gasteiger partial charge is 0.508 e. The first-order chi connectivity index (χ1) is 8.64. The molecule has 2 unspecified atom stereocenters. The molecule has 0 spiro atoms. The molecule has 0 bridgehead atoms. The van der Waals surface area contributed by atoms with Crippen LogP contribution in [0.4, 0.5) is 0 Å². The zero-order chi connectivity index (χ0) is 13.0. The van der Waals surface area contributed by atoms with Crippen molar-refractivity contribution in [1.29, 1.82) is 0 Å². The second kappa shape index (κ2) is 5.69. The van der Waals surface area contributed by atoms with Crippen LogP contribution in [0.1, 0.15) is 25.3 Å². The number of hydrogen-bond donors (Lipinski definition) is 3. The molecule has 2 atom stereocenters. The third-order valence-corrected chi connectivity index (χ3v) is 3.54. The van der Waals surface area contributed by atoms with Crippen molar-refractivity contribution in [3.8, 4) is 5.75 Å². The van der Waals surface area contributed by atoms with Gasteiger partial charge in [-0.15, -0.1) is 0 Å². The third kappa shape index (κ3) is 3.02. The van der Waals surface area contributed by atoms with E-state index in [1.807, 2.05) is 13.0 Å². The van der Waals surface area contributed by atoms with Crippen LogP contribution in [0, 0.1) is 0 Å². The van der Waals surface area contributed by atoms with E-state index in [1.54, 1.807) is 18.2 Å². The summed E-state index contributed by atoms with van der Waals surface area (Å²) in [6.07, 6.45) is 2.40. The molecule has 1 heterocycles. The summed E-state index contributed by atoms with van der Waals surface area (Å²) in [7, 11) is 0. The SMILES string of the molecule is CC(CO)(NCC1CCCO1)c1cccc(O)c1. The van der Waals surface area contributed by atoms with Crippen LogP contribution < -0.4 is 5.32 Å². The Morgan fingerprint density at radius 3 is 2.94 bits per heavy atom. The van der Waals surface area contributed by atoms with Gasteiger partial charge in [0.1, 0.15) is 5.75 Å². The topological polar surface area (TPSA) is 61.7 Å². The van der Waals surface area contributed by atoms with Gasteiger partial charge in [0, 0.05) is 13.2 Å². The van der Waals surface area contributed by atoms with E-state index in [0.717, 1.165) is 25.0 Å². The van der Waals surface area contributed by atoms with Crippen LogP contribution in [0.3, 0.4) is 0 Å². The lowest BCUT2D eigenvalue weighted by Gasteiger charge is -2.30. The van der Waals surface area contributed by atoms with E-state index >= 15 is 0 Å². The maximum atomic E-state index is 9.62. The van der Waals surface area contributed by atoms with Crippen LogP contribution in [0.25, 0.3) is 0 Å². The van der Waals surface area contributed by atoms with Gasteiger partial charge in [0.2, 0.25) is 0 Å². The van der Waals surface area contributed by atoms with E-state index in [0.29, 0.717) is 6.54 Å². The van der Waals surface area contributed by atoms with Gasteiger partial charge >= 0.3 is 0 Å². The molecule has 3 N–H and O–H groups in total. The molecule has 18 heavy (non-hydrogen) atoms. The van der Waals surface area contributed by atoms with Gasteiger partial charge in [0.15, 0.2) is 0 Å². The van der Waals surface area contributed by atoms with Crippen LogP contribution in [-0.2, 0) is 10.3 Å². The lowest BCUT2D eigenvalue weighted by atomic mass is 9.92. The Morgan fingerprint density at radius 2 is 2.33 bits per heavy atom. The molecule has 0 aromatic heterocycles. The smallest absolute Gasteiger partial charge is 0.115 e. The number of nitrogens with one attached hydrogen (secondary N) is 1. The number of hydrogen-bond acceptors (Lipinski definition) is 4. The van der Waals surface area contributed by atoms with E-state index < -0.39 is 5.54 Å². The predicted octanol–water partition coefficient (Wildman–Crippen LogP) is 1.37. The Kier molecular flexibility index (Phi) is 4.22. The fourth-order valence-corrected chi connectivity index (χ4v) is 2.24. The molecule has 0 aliphatic carbocycles. The van der Waals surface area contributed by atoms with E-state index in [2.05, 4.69) is 5.32 Å². The van der Waals surface area contributed by atoms with Gasteiger partial charge in [-0.3, -0.25) is 0 Å². The highest BCUT2D eigenvalue weighted by atomic mass is 16.5. The molecule has 1 aromatic carbocycles. The zero-order valence-electron chi connectivity index (χ0n) is 10.7. The summed E-state index contributed by atoms with van der Waals surface area (Å²) < 4.78 is 5.56. The Morgan fingerprint density at radius 1 is 1.50 bits per heavy atom. The number of aromatic hydroxyl groups is 1. The maximum absolute atomic E-state index is 9.62. The predicted molar refractivity (Wildman–Crippen MR) is 69.5 cm³/mol. The molecule has 100 valence electrons. The van der Waals surface area contributed by atoms with Crippen molar-refractivity contribution >= 4 is 0 Å². The van der Waals surface area contributed by atoms with Gasteiger partial charge in [0.05, 0.1) is 18.2 Å². The molecular weight excluding hydrogens is 230 g/mol. The van der Waals surface area contributed by atoms with Crippen molar-refractivity contribution < 1.29 is 14.9 Å². The monoisotopic (exact) mass is 251 g/mol. The molecule has 1 fully saturated rings. The van der Waals surface area contributed by atoms with Crippen LogP contribution in [0.2, 0.25) is 0 Å². The summed E-state index contributed by atoms with van der Waals surface area (Å²) >= 11 is 0. The van der Waals surface area contributed by atoms with Crippen LogP contribution in [0.5, 0.6) is 5.75 Å². The normalized spacial score (nSPS) is 22.9. The second-order valence-corrected chi connectivity index (χ2v) is 5.06. The molecule has 1 aromatic rings. The molecule has 1 saturated heterocycles. The zero-order valence-corrected chi connectivity index (χ0v) is 10.7. The first-order valence-corrected chi connectivity index (χ1v) is 6.41. The van der Waals surface area contributed by atoms with Crippen molar-refractivity contribution in [2.45, 2.75) is 31.4 Å². The van der Waals surface area contributed by atoms with Crippen molar-refractivity contribution in [2.24, 2.45) is 0 Å². The molecule has 0 amide bonds. The highest BCUT2D eigenvalue weighted by Crippen LogP contribution is 2.24. The highest BCUT2D eigenvalue weighted by Gasteiger charge is 2.27. The third-order valence-electron chi connectivity index (χ3n) is 3.54. The summed E-state index contributed by atoms with van der Waals surface area (Å²) in [5.74, 6) is 0.214. The van der Waals surface area contributed by atoms with Gasteiger partial charge in [-0.2, -0.15) is 0 Å². The van der Waals surface area contributed by atoms with Gasteiger partial charge in [-0.1, -0.05) is 12.1 Å². The summed E-state index contributed by atoms with van der Waals surface area (Å²) in [5.41, 5.74) is 0.327. The van der Waals surface area contributed by atoms with Crippen molar-refractivity contribution in [1.82, 2.24) is 5.32 Å². The number of ether oxygens (including phenoxy) is 1. The van der Waals surface area contributed by atoms with Crippen molar-refractivity contribution in [3.05, 3.63) is 29.8 Å². The second-order valence-electron chi connectivity index (χ2n) is 5.06. The number of aliphatic hydroxyl groups excluding tert-OH is 1. The number of rotatable bonds is 5. The minimum absolute atomic E-state index is 0.0246. The Balaban J connectivity index is 2.04. The van der Waals surface area contributed by atoms with E-state index in [9.17, 15) is 10.2 Å². The number of benzene rings is 1. The van der Waals surface area contributed by atoms with Gasteiger partial charge in [-0.25, -0.2) is 0 Å². The van der Waals surface area contributed by atoms with Gasteiger partial charge in [-0.05, 0) is 37.5 Å². The minimum Gasteiger partial charge on any atom is -0.508 e. The molecule has 4 heteroatoms. The Labute approximate surface area is 108 Å². The fraction of sp³-hybridized carbons (Fsp3) is 0.571. The number of phenolic OH excluding ortho intramolecular Hbond substituents is 1. The summed E-state index contributed by atoms with van der Waals surface area (Å²) in [5, 5.41) is 22.5. The maximum Gasteiger partial charge on any atom is 0.115 e.